The van der Waals surface area contributed by atoms with Gasteiger partial charge in [-0.3, -0.25) is 4.79 Å². The van der Waals surface area contributed by atoms with E-state index in [1.165, 1.54) is 0 Å². The number of benzene rings is 1. The van der Waals surface area contributed by atoms with E-state index < -0.39 is 5.41 Å². The molecule has 0 unspecified atom stereocenters. The Morgan fingerprint density at radius 1 is 0.812 bits per heavy atom. The van der Waals surface area contributed by atoms with Crippen LogP contribution >= 0.6 is 0 Å². The monoisotopic (exact) mass is 448 g/mol. The first-order chi connectivity index (χ1) is 14.9. The number of ketones is 1. The Bertz CT molecular complexity index is 749. The molecule has 1 aromatic carbocycles. The summed E-state index contributed by atoms with van der Waals surface area (Å²) >= 11 is 0. The van der Waals surface area contributed by atoms with Crippen LogP contribution in [0.1, 0.15) is 117 Å². The number of phenols is 2. The molecule has 182 valence electrons. The second kappa shape index (κ2) is 12.9. The average Bonchev–Trinajstić information content (AvgIpc) is 2.68. The van der Waals surface area contributed by atoms with E-state index in [0.717, 1.165) is 38.5 Å². The van der Waals surface area contributed by atoms with E-state index in [9.17, 15) is 19.8 Å². The minimum atomic E-state index is -0.403. The maximum atomic E-state index is 12.0. The van der Waals surface area contributed by atoms with E-state index in [1.807, 2.05) is 27.7 Å². The van der Waals surface area contributed by atoms with Crippen LogP contribution in [-0.2, 0) is 25.2 Å². The molecule has 2 N–H and O–H groups in total. The summed E-state index contributed by atoms with van der Waals surface area (Å²) in [6, 6.07) is 3.31. The van der Waals surface area contributed by atoms with Gasteiger partial charge >= 0.3 is 5.97 Å². The zero-order valence-corrected chi connectivity index (χ0v) is 21.1. The van der Waals surface area contributed by atoms with Crippen LogP contribution in [0.25, 0.3) is 0 Å². The lowest BCUT2D eigenvalue weighted by molar-refractivity contribution is -0.144. The van der Waals surface area contributed by atoms with Crippen molar-refractivity contribution in [3.05, 3.63) is 23.3 Å². The molecule has 5 heteroatoms. The highest BCUT2D eigenvalue weighted by atomic mass is 16.5. The van der Waals surface area contributed by atoms with Gasteiger partial charge in [-0.15, -0.1) is 0 Å². The van der Waals surface area contributed by atoms with Crippen molar-refractivity contribution >= 4 is 11.8 Å². The van der Waals surface area contributed by atoms with Crippen molar-refractivity contribution in [1.29, 1.82) is 0 Å². The maximum Gasteiger partial charge on any atom is 0.305 e. The van der Waals surface area contributed by atoms with Gasteiger partial charge in [-0.2, -0.15) is 0 Å². The van der Waals surface area contributed by atoms with E-state index in [-0.39, 0.29) is 28.7 Å². The molecule has 0 aliphatic carbocycles. The zero-order valence-electron chi connectivity index (χ0n) is 21.1. The summed E-state index contributed by atoms with van der Waals surface area (Å²) in [5, 5.41) is 21.5. The van der Waals surface area contributed by atoms with Gasteiger partial charge in [0.15, 0.2) is 0 Å². The van der Waals surface area contributed by atoms with Gasteiger partial charge in [0.25, 0.3) is 0 Å². The van der Waals surface area contributed by atoms with Crippen molar-refractivity contribution in [2.75, 3.05) is 6.61 Å². The molecule has 0 saturated carbocycles. The second-order valence-electron chi connectivity index (χ2n) is 10.3. The SMILES string of the molecule is CCCCCCOC(=O)CCCC(C)(C)c1cc(O)c(C(C)(C)CCCC(C)=O)cc1O. The molecule has 0 bridgehead atoms. The highest BCUT2D eigenvalue weighted by molar-refractivity contribution is 5.75. The number of carbonyl (C=O) groups is 2. The number of phenolic OH excluding ortho intramolecular Hbond substituents is 2. The molecular formula is C27H44O5. The van der Waals surface area contributed by atoms with Crippen LogP contribution < -0.4 is 0 Å². The Balaban J connectivity index is 2.71. The van der Waals surface area contributed by atoms with Gasteiger partial charge in [-0.1, -0.05) is 53.9 Å². The van der Waals surface area contributed by atoms with E-state index in [4.69, 9.17) is 4.74 Å². The van der Waals surface area contributed by atoms with E-state index >= 15 is 0 Å². The summed E-state index contributed by atoms with van der Waals surface area (Å²) in [6.07, 6.45) is 8.01. The Labute approximate surface area is 194 Å². The van der Waals surface area contributed by atoms with Crippen molar-refractivity contribution in [2.24, 2.45) is 0 Å². The van der Waals surface area contributed by atoms with Crippen molar-refractivity contribution in [1.82, 2.24) is 0 Å². The normalized spacial score (nSPS) is 12.1. The van der Waals surface area contributed by atoms with Gasteiger partial charge < -0.3 is 19.7 Å². The lowest BCUT2D eigenvalue weighted by Crippen LogP contribution is -2.21. The Morgan fingerprint density at radius 3 is 1.78 bits per heavy atom. The predicted molar refractivity (Wildman–Crippen MR) is 129 cm³/mol. The number of aromatic hydroxyl groups is 2. The molecule has 0 heterocycles. The Morgan fingerprint density at radius 2 is 1.31 bits per heavy atom. The summed E-state index contributed by atoms with van der Waals surface area (Å²) in [6.45, 7) is 12.3. The summed E-state index contributed by atoms with van der Waals surface area (Å²) in [7, 11) is 0. The van der Waals surface area contributed by atoms with Crippen LogP contribution in [0.3, 0.4) is 0 Å². The molecule has 0 saturated heterocycles. The van der Waals surface area contributed by atoms with Crippen LogP contribution in [-0.4, -0.2) is 28.6 Å². The molecule has 0 spiro atoms. The zero-order chi connectivity index (χ0) is 24.4. The number of hydrogen-bond donors (Lipinski definition) is 2. The predicted octanol–water partition coefficient (Wildman–Crippen LogP) is 6.71. The third kappa shape index (κ3) is 9.22. The fraction of sp³-hybridized carbons (Fsp3) is 0.704. The summed E-state index contributed by atoms with van der Waals surface area (Å²) in [5.74, 6) is 0.295. The summed E-state index contributed by atoms with van der Waals surface area (Å²) < 4.78 is 5.30. The van der Waals surface area contributed by atoms with Gasteiger partial charge in [0, 0.05) is 24.0 Å². The van der Waals surface area contributed by atoms with Crippen LogP contribution in [0.5, 0.6) is 11.5 Å². The Kier molecular flexibility index (Phi) is 11.2. The van der Waals surface area contributed by atoms with Crippen LogP contribution in [0.2, 0.25) is 0 Å². The quantitative estimate of drug-likeness (QED) is 0.177. The molecule has 0 atom stereocenters. The standard InChI is InChI=1S/C27H44O5/c1-7-8-9-10-17-32-25(31)14-12-16-27(5,6)22-19-23(29)21(18-24(22)30)26(3,4)15-11-13-20(2)28/h18-19,29-30H,7-17H2,1-6H3. The van der Waals surface area contributed by atoms with Gasteiger partial charge in [-0.05, 0) is 62.0 Å². The maximum absolute atomic E-state index is 12.0. The molecular weight excluding hydrogens is 404 g/mol. The first kappa shape index (κ1) is 28.0. The van der Waals surface area contributed by atoms with Crippen LogP contribution in [0, 0.1) is 0 Å². The summed E-state index contributed by atoms with van der Waals surface area (Å²) in [4.78, 5) is 23.2. The third-order valence-electron chi connectivity index (χ3n) is 6.35. The molecule has 0 radical (unpaired) electrons. The number of ether oxygens (including phenoxy) is 1. The number of hydrogen-bond acceptors (Lipinski definition) is 5. The number of carbonyl (C=O) groups excluding carboxylic acids is 2. The molecule has 0 amide bonds. The molecule has 5 nitrogen and oxygen atoms in total. The number of unbranched alkanes of at least 4 members (excludes halogenated alkanes) is 3. The van der Waals surface area contributed by atoms with Gasteiger partial charge in [0.05, 0.1) is 6.61 Å². The lowest BCUT2D eigenvalue weighted by atomic mass is 9.75. The van der Waals surface area contributed by atoms with Crippen molar-refractivity contribution in [3.8, 4) is 11.5 Å². The molecule has 1 rings (SSSR count). The third-order valence-corrected chi connectivity index (χ3v) is 6.35. The first-order valence-corrected chi connectivity index (χ1v) is 12.1. The van der Waals surface area contributed by atoms with Gasteiger partial charge in [-0.25, -0.2) is 0 Å². The molecule has 0 aliphatic heterocycles. The number of rotatable bonds is 15. The smallest absolute Gasteiger partial charge is 0.305 e. The van der Waals surface area contributed by atoms with E-state index in [0.29, 0.717) is 43.4 Å². The largest absolute Gasteiger partial charge is 0.508 e. The minimum absolute atomic E-state index is 0.154. The molecule has 0 aliphatic rings. The lowest BCUT2D eigenvalue weighted by Gasteiger charge is -2.30. The second-order valence-corrected chi connectivity index (χ2v) is 10.3. The molecule has 0 aromatic heterocycles. The van der Waals surface area contributed by atoms with Crippen molar-refractivity contribution in [2.45, 2.75) is 117 Å². The molecule has 32 heavy (non-hydrogen) atoms. The number of Topliss-reactive ketones (excluding diaryl/α,β-unsaturated/α-hetero) is 1. The van der Waals surface area contributed by atoms with Crippen LogP contribution in [0.15, 0.2) is 12.1 Å². The minimum Gasteiger partial charge on any atom is -0.508 e. The topological polar surface area (TPSA) is 83.8 Å². The van der Waals surface area contributed by atoms with Crippen molar-refractivity contribution < 1.29 is 24.5 Å². The van der Waals surface area contributed by atoms with Crippen LogP contribution in [0.4, 0.5) is 0 Å². The molecule has 1 aromatic rings. The average molecular weight is 449 g/mol. The van der Waals surface area contributed by atoms with Gasteiger partial charge in [0.2, 0.25) is 0 Å². The van der Waals surface area contributed by atoms with Crippen molar-refractivity contribution in [3.63, 3.8) is 0 Å². The Hall–Kier alpha value is -2.04. The molecule has 0 fully saturated rings. The van der Waals surface area contributed by atoms with Gasteiger partial charge in [0.1, 0.15) is 17.3 Å². The summed E-state index contributed by atoms with van der Waals surface area (Å²) in [5.41, 5.74) is 0.594. The fourth-order valence-corrected chi connectivity index (χ4v) is 4.17. The van der Waals surface area contributed by atoms with E-state index in [1.54, 1.807) is 19.1 Å². The first-order valence-electron chi connectivity index (χ1n) is 12.1. The van der Waals surface area contributed by atoms with E-state index in [2.05, 4.69) is 6.92 Å². The highest BCUT2D eigenvalue weighted by Gasteiger charge is 2.30. The fourth-order valence-electron chi connectivity index (χ4n) is 4.17. The highest BCUT2D eigenvalue weighted by Crippen LogP contribution is 2.43. The number of esters is 1.